The number of rotatable bonds is 5. The summed E-state index contributed by atoms with van der Waals surface area (Å²) >= 11 is 0. The molecule has 1 aliphatic rings. The van der Waals surface area contributed by atoms with Crippen molar-refractivity contribution >= 4 is 5.69 Å². The zero-order valence-electron chi connectivity index (χ0n) is 12.0. The number of likely N-dealkylation sites (tertiary alicyclic amines) is 1. The number of nitrogens with one attached hydrogen (secondary N) is 1. The molecule has 0 aliphatic carbocycles. The molecule has 0 bridgehead atoms. The molecular formula is C16H22N4. The quantitative estimate of drug-likeness (QED) is 0.906. The van der Waals surface area contributed by atoms with Crippen molar-refractivity contribution in [2.75, 3.05) is 18.4 Å². The van der Waals surface area contributed by atoms with E-state index in [-0.39, 0.29) is 0 Å². The molecule has 1 aromatic carbocycles. The molecule has 1 saturated heterocycles. The van der Waals surface area contributed by atoms with Gasteiger partial charge in [0, 0.05) is 38.4 Å². The maximum absolute atomic E-state index is 4.30. The van der Waals surface area contributed by atoms with Crippen LogP contribution in [-0.2, 0) is 13.1 Å². The lowest BCUT2D eigenvalue weighted by Gasteiger charge is -2.16. The lowest BCUT2D eigenvalue weighted by Crippen LogP contribution is -2.25. The molecule has 0 saturated carbocycles. The Morgan fingerprint density at radius 3 is 2.90 bits per heavy atom. The Bertz CT molecular complexity index is 534. The van der Waals surface area contributed by atoms with Crippen LogP contribution in [0.15, 0.2) is 42.7 Å². The molecule has 4 heteroatoms. The van der Waals surface area contributed by atoms with E-state index in [1.807, 2.05) is 10.9 Å². The predicted molar refractivity (Wildman–Crippen MR) is 81.6 cm³/mol. The monoisotopic (exact) mass is 270 g/mol. The van der Waals surface area contributed by atoms with Crippen LogP contribution in [0.2, 0.25) is 0 Å². The van der Waals surface area contributed by atoms with Gasteiger partial charge in [-0.15, -0.1) is 0 Å². The van der Waals surface area contributed by atoms with Gasteiger partial charge in [-0.2, -0.15) is 5.10 Å². The summed E-state index contributed by atoms with van der Waals surface area (Å²) < 4.78 is 1.96. The first-order valence-corrected chi connectivity index (χ1v) is 7.39. The molecule has 1 N–H and O–H groups in total. The molecule has 2 aromatic rings. The molecule has 106 valence electrons. The van der Waals surface area contributed by atoms with Crippen molar-refractivity contribution in [3.63, 3.8) is 0 Å². The molecule has 1 unspecified atom stereocenters. The van der Waals surface area contributed by atoms with Crippen molar-refractivity contribution in [2.45, 2.75) is 32.5 Å². The van der Waals surface area contributed by atoms with E-state index in [2.05, 4.69) is 58.8 Å². The summed E-state index contributed by atoms with van der Waals surface area (Å²) in [6.45, 7) is 6.34. The third kappa shape index (κ3) is 3.20. The standard InChI is InChI=1S/C16H22N4/c1-2-20-13-16(10-17-20)18-15-8-9-19(12-15)11-14-6-4-3-5-7-14/h3-7,10,13,15,18H,2,8-9,11-12H2,1H3. The van der Waals surface area contributed by atoms with Crippen LogP contribution in [0.25, 0.3) is 0 Å². The number of nitrogens with zero attached hydrogens (tertiary/aromatic N) is 3. The van der Waals surface area contributed by atoms with E-state index in [1.54, 1.807) is 0 Å². The van der Waals surface area contributed by atoms with Crippen molar-refractivity contribution < 1.29 is 0 Å². The van der Waals surface area contributed by atoms with Crippen LogP contribution in [0, 0.1) is 0 Å². The molecule has 3 rings (SSSR count). The minimum absolute atomic E-state index is 0.535. The Labute approximate surface area is 120 Å². The fraction of sp³-hybridized carbons (Fsp3) is 0.438. The normalized spacial score (nSPS) is 19.4. The number of hydrogen-bond donors (Lipinski definition) is 1. The Morgan fingerprint density at radius 2 is 2.15 bits per heavy atom. The molecular weight excluding hydrogens is 248 g/mol. The molecule has 2 heterocycles. The first-order valence-electron chi connectivity index (χ1n) is 7.39. The Morgan fingerprint density at radius 1 is 1.30 bits per heavy atom. The van der Waals surface area contributed by atoms with Crippen LogP contribution in [-0.4, -0.2) is 33.8 Å². The van der Waals surface area contributed by atoms with Crippen molar-refractivity contribution in [3.8, 4) is 0 Å². The van der Waals surface area contributed by atoms with Gasteiger partial charge in [0.1, 0.15) is 0 Å². The summed E-state index contributed by atoms with van der Waals surface area (Å²) in [6, 6.07) is 11.2. The van der Waals surface area contributed by atoms with Crippen LogP contribution in [0.5, 0.6) is 0 Å². The van der Waals surface area contributed by atoms with Crippen LogP contribution >= 0.6 is 0 Å². The minimum atomic E-state index is 0.535. The fourth-order valence-corrected chi connectivity index (χ4v) is 2.78. The van der Waals surface area contributed by atoms with Gasteiger partial charge in [-0.3, -0.25) is 9.58 Å². The highest BCUT2D eigenvalue weighted by Crippen LogP contribution is 2.17. The maximum atomic E-state index is 4.30. The van der Waals surface area contributed by atoms with Gasteiger partial charge in [0.05, 0.1) is 11.9 Å². The molecule has 1 aromatic heterocycles. The number of benzene rings is 1. The fourth-order valence-electron chi connectivity index (χ4n) is 2.78. The van der Waals surface area contributed by atoms with E-state index in [1.165, 1.54) is 12.0 Å². The van der Waals surface area contributed by atoms with Crippen LogP contribution in [0.4, 0.5) is 5.69 Å². The van der Waals surface area contributed by atoms with Gasteiger partial charge in [0.2, 0.25) is 0 Å². The Hall–Kier alpha value is -1.81. The Balaban J connectivity index is 1.52. The molecule has 1 fully saturated rings. The molecule has 1 aliphatic heterocycles. The average Bonchev–Trinajstić information content (AvgIpc) is 3.10. The number of anilines is 1. The summed E-state index contributed by atoms with van der Waals surface area (Å²) in [7, 11) is 0. The summed E-state index contributed by atoms with van der Waals surface area (Å²) in [5, 5.41) is 7.89. The number of aryl methyl sites for hydroxylation is 1. The average molecular weight is 270 g/mol. The molecule has 4 nitrogen and oxygen atoms in total. The number of hydrogen-bond acceptors (Lipinski definition) is 3. The van der Waals surface area contributed by atoms with Crippen molar-refractivity contribution in [3.05, 3.63) is 48.3 Å². The van der Waals surface area contributed by atoms with Gasteiger partial charge in [-0.25, -0.2) is 0 Å². The van der Waals surface area contributed by atoms with Crippen LogP contribution in [0.3, 0.4) is 0 Å². The second-order valence-electron chi connectivity index (χ2n) is 5.44. The summed E-state index contributed by atoms with van der Waals surface area (Å²) in [4.78, 5) is 2.51. The highest BCUT2D eigenvalue weighted by Gasteiger charge is 2.22. The van der Waals surface area contributed by atoms with Gasteiger partial charge in [-0.05, 0) is 18.9 Å². The van der Waals surface area contributed by atoms with Gasteiger partial charge in [-0.1, -0.05) is 30.3 Å². The van der Waals surface area contributed by atoms with Gasteiger partial charge >= 0.3 is 0 Å². The third-order valence-electron chi connectivity index (χ3n) is 3.85. The van der Waals surface area contributed by atoms with E-state index in [0.717, 1.165) is 31.9 Å². The third-order valence-corrected chi connectivity index (χ3v) is 3.85. The van der Waals surface area contributed by atoms with Gasteiger partial charge < -0.3 is 5.32 Å². The predicted octanol–water partition coefficient (Wildman–Crippen LogP) is 2.59. The smallest absolute Gasteiger partial charge is 0.0729 e. The first kappa shape index (κ1) is 13.2. The molecule has 1 atom stereocenters. The van der Waals surface area contributed by atoms with E-state index >= 15 is 0 Å². The summed E-state index contributed by atoms with van der Waals surface area (Å²) in [5.74, 6) is 0. The van der Waals surface area contributed by atoms with Gasteiger partial charge in [0.15, 0.2) is 0 Å². The maximum Gasteiger partial charge on any atom is 0.0729 e. The zero-order valence-corrected chi connectivity index (χ0v) is 12.0. The van der Waals surface area contributed by atoms with E-state index < -0.39 is 0 Å². The van der Waals surface area contributed by atoms with Crippen molar-refractivity contribution in [1.82, 2.24) is 14.7 Å². The molecule has 0 radical (unpaired) electrons. The lowest BCUT2D eigenvalue weighted by molar-refractivity contribution is 0.328. The van der Waals surface area contributed by atoms with Crippen LogP contribution in [0.1, 0.15) is 18.9 Å². The largest absolute Gasteiger partial charge is 0.378 e. The van der Waals surface area contributed by atoms with Crippen LogP contribution < -0.4 is 5.32 Å². The second-order valence-corrected chi connectivity index (χ2v) is 5.44. The molecule has 20 heavy (non-hydrogen) atoms. The van der Waals surface area contributed by atoms with Gasteiger partial charge in [0.25, 0.3) is 0 Å². The molecule has 0 amide bonds. The topological polar surface area (TPSA) is 33.1 Å². The Kier molecular flexibility index (Phi) is 4.02. The second kappa shape index (κ2) is 6.09. The highest BCUT2D eigenvalue weighted by atomic mass is 15.3. The number of aromatic nitrogens is 2. The summed E-state index contributed by atoms with van der Waals surface area (Å²) in [5.41, 5.74) is 2.53. The van der Waals surface area contributed by atoms with E-state index in [9.17, 15) is 0 Å². The lowest BCUT2D eigenvalue weighted by atomic mass is 10.2. The van der Waals surface area contributed by atoms with E-state index in [0.29, 0.717) is 6.04 Å². The first-order chi connectivity index (χ1) is 9.83. The summed E-state index contributed by atoms with van der Waals surface area (Å²) in [6.07, 6.45) is 5.20. The van der Waals surface area contributed by atoms with Crippen molar-refractivity contribution in [2.24, 2.45) is 0 Å². The highest BCUT2D eigenvalue weighted by molar-refractivity contribution is 5.39. The molecule has 0 spiro atoms. The minimum Gasteiger partial charge on any atom is -0.378 e. The van der Waals surface area contributed by atoms with E-state index in [4.69, 9.17) is 0 Å². The SMILES string of the molecule is CCn1cc(NC2CCN(Cc3ccccc3)C2)cn1. The zero-order chi connectivity index (χ0) is 13.8. The van der Waals surface area contributed by atoms with Crippen molar-refractivity contribution in [1.29, 1.82) is 0 Å².